The first-order valence-corrected chi connectivity index (χ1v) is 8.16. The van der Waals surface area contributed by atoms with Crippen LogP contribution in [0.2, 0.25) is 0 Å². The summed E-state index contributed by atoms with van der Waals surface area (Å²) in [6.45, 7) is 0. The van der Waals surface area contributed by atoms with Crippen LogP contribution >= 0.6 is 11.6 Å². The van der Waals surface area contributed by atoms with E-state index in [0.717, 1.165) is 24.7 Å². The van der Waals surface area contributed by atoms with Gasteiger partial charge in [-0.2, -0.15) is 0 Å². The summed E-state index contributed by atoms with van der Waals surface area (Å²) in [6.07, 6.45) is 13.6. The van der Waals surface area contributed by atoms with Crippen LogP contribution in [0.15, 0.2) is 0 Å². The van der Waals surface area contributed by atoms with Gasteiger partial charge in [0.25, 0.3) is 0 Å². The average molecular weight is 272 g/mol. The molecule has 104 valence electrons. The summed E-state index contributed by atoms with van der Waals surface area (Å²) in [7, 11) is 0. The third-order valence-corrected chi connectivity index (χ3v) is 4.97. The van der Waals surface area contributed by atoms with Crippen LogP contribution in [-0.4, -0.2) is 17.8 Å². The maximum atomic E-state index is 11.2. The predicted molar refractivity (Wildman–Crippen MR) is 75.8 cm³/mol. The molecule has 0 heterocycles. The van der Waals surface area contributed by atoms with E-state index >= 15 is 0 Å². The Labute approximate surface area is 116 Å². The lowest BCUT2D eigenvalue weighted by Gasteiger charge is -2.32. The molecule has 0 aliphatic heterocycles. The molecular weight excluding hydrogens is 246 g/mol. The highest BCUT2D eigenvalue weighted by molar-refractivity contribution is 6.27. The van der Waals surface area contributed by atoms with Crippen molar-refractivity contribution in [2.75, 3.05) is 5.88 Å². The van der Waals surface area contributed by atoms with Gasteiger partial charge in [-0.3, -0.25) is 4.79 Å². The van der Waals surface area contributed by atoms with Gasteiger partial charge in [-0.15, -0.1) is 11.6 Å². The van der Waals surface area contributed by atoms with Gasteiger partial charge in [0.15, 0.2) is 0 Å². The van der Waals surface area contributed by atoms with Crippen LogP contribution in [0.25, 0.3) is 0 Å². The van der Waals surface area contributed by atoms with Crippen LogP contribution in [0.3, 0.4) is 0 Å². The largest absolute Gasteiger partial charge is 0.352 e. The fourth-order valence-electron chi connectivity index (χ4n) is 3.70. The zero-order valence-electron chi connectivity index (χ0n) is 11.3. The van der Waals surface area contributed by atoms with E-state index in [1.54, 1.807) is 0 Å². The Bertz CT molecular complexity index is 255. The lowest BCUT2D eigenvalue weighted by atomic mass is 9.76. The molecule has 2 saturated carbocycles. The summed E-state index contributed by atoms with van der Waals surface area (Å²) in [5.41, 5.74) is 0. The normalized spacial score (nSPS) is 30.1. The highest BCUT2D eigenvalue weighted by Gasteiger charge is 2.25. The summed E-state index contributed by atoms with van der Waals surface area (Å²) < 4.78 is 0. The quantitative estimate of drug-likeness (QED) is 0.773. The molecule has 2 rings (SSSR count). The number of hydrogen-bond donors (Lipinski definition) is 1. The molecule has 0 aromatic heterocycles. The third-order valence-electron chi connectivity index (χ3n) is 4.72. The van der Waals surface area contributed by atoms with Crippen molar-refractivity contribution < 1.29 is 4.79 Å². The van der Waals surface area contributed by atoms with E-state index in [4.69, 9.17) is 11.6 Å². The molecule has 2 fully saturated rings. The number of halogens is 1. The molecule has 2 aliphatic rings. The van der Waals surface area contributed by atoms with Gasteiger partial charge in [0.05, 0.1) is 0 Å². The number of nitrogens with one attached hydrogen (secondary N) is 1. The molecule has 0 aromatic carbocycles. The van der Waals surface area contributed by atoms with E-state index in [0.29, 0.717) is 6.04 Å². The summed E-state index contributed by atoms with van der Waals surface area (Å²) in [5.74, 6) is 2.00. The lowest BCUT2D eigenvalue weighted by Crippen LogP contribution is -2.38. The topological polar surface area (TPSA) is 29.1 Å². The van der Waals surface area contributed by atoms with E-state index in [9.17, 15) is 4.79 Å². The van der Waals surface area contributed by atoms with Crippen molar-refractivity contribution in [3.05, 3.63) is 0 Å². The van der Waals surface area contributed by atoms with E-state index in [-0.39, 0.29) is 11.8 Å². The van der Waals surface area contributed by atoms with Crippen molar-refractivity contribution in [1.29, 1.82) is 0 Å². The van der Waals surface area contributed by atoms with E-state index < -0.39 is 0 Å². The Kier molecular flexibility index (Phi) is 5.81. The number of amides is 1. The molecule has 1 N–H and O–H groups in total. The fourth-order valence-corrected chi connectivity index (χ4v) is 3.78. The fraction of sp³-hybridized carbons (Fsp3) is 0.933. The molecule has 1 amide bonds. The molecule has 2 nitrogen and oxygen atoms in total. The zero-order chi connectivity index (χ0) is 12.8. The second-order valence-electron chi connectivity index (χ2n) is 6.16. The van der Waals surface area contributed by atoms with Crippen LogP contribution in [0.1, 0.15) is 64.2 Å². The van der Waals surface area contributed by atoms with Crippen molar-refractivity contribution in [1.82, 2.24) is 5.32 Å². The molecule has 3 heteroatoms. The minimum absolute atomic E-state index is 0.00704. The first-order valence-electron chi connectivity index (χ1n) is 7.63. The summed E-state index contributed by atoms with van der Waals surface area (Å²) in [4.78, 5) is 11.2. The third kappa shape index (κ3) is 4.46. The van der Waals surface area contributed by atoms with Crippen LogP contribution in [0.4, 0.5) is 0 Å². The van der Waals surface area contributed by atoms with Crippen LogP contribution < -0.4 is 5.32 Å². The molecule has 0 unspecified atom stereocenters. The van der Waals surface area contributed by atoms with Gasteiger partial charge in [0.1, 0.15) is 5.88 Å². The second-order valence-corrected chi connectivity index (χ2v) is 6.43. The van der Waals surface area contributed by atoms with Gasteiger partial charge in [0, 0.05) is 6.04 Å². The van der Waals surface area contributed by atoms with Crippen molar-refractivity contribution >= 4 is 17.5 Å². The molecule has 0 atom stereocenters. The number of carbonyl (C=O) groups excluding carboxylic acids is 1. The Hall–Kier alpha value is -0.240. The Morgan fingerprint density at radius 3 is 2.17 bits per heavy atom. The zero-order valence-corrected chi connectivity index (χ0v) is 12.1. The lowest BCUT2D eigenvalue weighted by molar-refractivity contribution is -0.119. The highest BCUT2D eigenvalue weighted by atomic mass is 35.5. The number of alkyl halides is 1. The first-order chi connectivity index (χ1) is 8.78. The van der Waals surface area contributed by atoms with Crippen molar-refractivity contribution in [2.24, 2.45) is 11.8 Å². The Morgan fingerprint density at radius 1 is 0.944 bits per heavy atom. The summed E-state index contributed by atoms with van der Waals surface area (Å²) in [6, 6.07) is 0.388. The van der Waals surface area contributed by atoms with Gasteiger partial charge < -0.3 is 5.32 Å². The molecule has 0 saturated heterocycles. The van der Waals surface area contributed by atoms with E-state index in [2.05, 4.69) is 5.32 Å². The van der Waals surface area contributed by atoms with Crippen molar-refractivity contribution in [3.63, 3.8) is 0 Å². The van der Waals surface area contributed by atoms with Gasteiger partial charge in [-0.05, 0) is 43.9 Å². The van der Waals surface area contributed by atoms with Crippen molar-refractivity contribution in [3.8, 4) is 0 Å². The number of hydrogen-bond acceptors (Lipinski definition) is 1. The van der Waals surface area contributed by atoms with Gasteiger partial charge in [-0.25, -0.2) is 0 Å². The second kappa shape index (κ2) is 7.37. The minimum atomic E-state index is -0.00704. The molecular formula is C15H26ClNO. The Morgan fingerprint density at radius 2 is 1.56 bits per heavy atom. The van der Waals surface area contributed by atoms with Gasteiger partial charge in [0.2, 0.25) is 5.91 Å². The highest BCUT2D eigenvalue weighted by Crippen LogP contribution is 2.35. The minimum Gasteiger partial charge on any atom is -0.352 e. The molecule has 0 spiro atoms. The maximum Gasteiger partial charge on any atom is 0.235 e. The van der Waals surface area contributed by atoms with Crippen molar-refractivity contribution in [2.45, 2.75) is 70.3 Å². The molecule has 2 aliphatic carbocycles. The predicted octanol–water partition coefficient (Wildman–Crippen LogP) is 3.87. The number of rotatable bonds is 4. The van der Waals surface area contributed by atoms with Gasteiger partial charge in [-0.1, -0.05) is 32.1 Å². The van der Waals surface area contributed by atoms with Crippen LogP contribution in [-0.2, 0) is 4.79 Å². The summed E-state index contributed by atoms with van der Waals surface area (Å²) in [5, 5.41) is 3.02. The monoisotopic (exact) mass is 271 g/mol. The van der Waals surface area contributed by atoms with E-state index in [1.165, 1.54) is 51.4 Å². The number of carbonyl (C=O) groups is 1. The smallest absolute Gasteiger partial charge is 0.235 e. The van der Waals surface area contributed by atoms with E-state index in [1.807, 2.05) is 0 Å². The van der Waals surface area contributed by atoms with Crippen LogP contribution in [0.5, 0.6) is 0 Å². The first kappa shape index (κ1) is 14.2. The van der Waals surface area contributed by atoms with Crippen LogP contribution in [0, 0.1) is 11.8 Å². The molecule has 0 aromatic rings. The summed E-state index contributed by atoms with van der Waals surface area (Å²) >= 11 is 5.52. The van der Waals surface area contributed by atoms with Gasteiger partial charge >= 0.3 is 0 Å². The molecule has 0 bridgehead atoms. The SMILES string of the molecule is O=C(CCl)NC1CCC(CC2CCCCC2)CC1. The molecule has 18 heavy (non-hydrogen) atoms. The Balaban J connectivity index is 1.65. The maximum absolute atomic E-state index is 11.2. The molecule has 0 radical (unpaired) electrons. The average Bonchev–Trinajstić information content (AvgIpc) is 2.42. The standard InChI is InChI=1S/C15H26ClNO/c16-11-15(18)17-14-8-6-13(7-9-14)10-12-4-2-1-3-5-12/h12-14H,1-11H2,(H,17,18).